The molecule has 1 atom stereocenters. The molecule has 0 saturated carbocycles. The summed E-state index contributed by atoms with van der Waals surface area (Å²) in [5, 5.41) is 3.49. The smallest absolute Gasteiger partial charge is 0.165 e. The van der Waals surface area contributed by atoms with Crippen LogP contribution >= 0.6 is 0 Å². The third-order valence-corrected chi connectivity index (χ3v) is 3.50. The molecule has 0 radical (unpaired) electrons. The van der Waals surface area contributed by atoms with Crippen molar-refractivity contribution in [3.63, 3.8) is 0 Å². The minimum Gasteiger partial charge on any atom is -0.494 e. The predicted molar refractivity (Wildman–Crippen MR) is 84.1 cm³/mol. The maximum absolute atomic E-state index is 13.9. The van der Waals surface area contributed by atoms with Crippen molar-refractivity contribution in [2.75, 3.05) is 13.7 Å². The summed E-state index contributed by atoms with van der Waals surface area (Å²) >= 11 is 0. The maximum Gasteiger partial charge on any atom is 0.165 e. The average molecular weight is 287 g/mol. The van der Waals surface area contributed by atoms with Gasteiger partial charge in [-0.3, -0.25) is 0 Å². The lowest BCUT2D eigenvalue weighted by atomic mass is 9.98. The van der Waals surface area contributed by atoms with Crippen LogP contribution in [0.2, 0.25) is 0 Å². The number of halogens is 1. The first-order valence-electron chi connectivity index (χ1n) is 7.35. The molecule has 2 rings (SSSR count). The molecule has 0 aliphatic rings. The largest absolute Gasteiger partial charge is 0.494 e. The third-order valence-electron chi connectivity index (χ3n) is 3.50. The molecule has 21 heavy (non-hydrogen) atoms. The highest BCUT2D eigenvalue weighted by atomic mass is 19.1. The Morgan fingerprint density at radius 2 is 1.90 bits per heavy atom. The molecule has 2 aromatic rings. The van der Waals surface area contributed by atoms with Gasteiger partial charge < -0.3 is 10.1 Å². The second-order valence-electron chi connectivity index (χ2n) is 5.09. The molecule has 2 nitrogen and oxygen atoms in total. The Hall–Kier alpha value is -1.87. The number of benzene rings is 2. The summed E-state index contributed by atoms with van der Waals surface area (Å²) in [5.41, 5.74) is 2.19. The van der Waals surface area contributed by atoms with Crippen molar-refractivity contribution < 1.29 is 9.13 Å². The minimum atomic E-state index is -0.314. The number of ether oxygens (including phenoxy) is 1. The lowest BCUT2D eigenvalue weighted by molar-refractivity contribution is 0.385. The molecule has 0 heterocycles. The monoisotopic (exact) mass is 287 g/mol. The Morgan fingerprint density at radius 3 is 2.52 bits per heavy atom. The van der Waals surface area contributed by atoms with Gasteiger partial charge in [-0.2, -0.15) is 0 Å². The molecule has 3 heteroatoms. The van der Waals surface area contributed by atoms with Crippen LogP contribution in [0.25, 0.3) is 0 Å². The van der Waals surface area contributed by atoms with E-state index in [1.54, 1.807) is 12.1 Å². The molecule has 1 unspecified atom stereocenters. The van der Waals surface area contributed by atoms with E-state index in [1.165, 1.54) is 12.7 Å². The second-order valence-corrected chi connectivity index (χ2v) is 5.09. The van der Waals surface area contributed by atoms with Gasteiger partial charge in [0.2, 0.25) is 0 Å². The molecular formula is C18H22FNO. The van der Waals surface area contributed by atoms with Crippen molar-refractivity contribution in [1.29, 1.82) is 0 Å². The Morgan fingerprint density at radius 1 is 1.14 bits per heavy atom. The number of rotatable bonds is 7. The summed E-state index contributed by atoms with van der Waals surface area (Å²) in [6, 6.07) is 15.5. The SMILES string of the molecule is CCCNC(Cc1ccccc1)c1ccc(OC)c(F)c1. The fourth-order valence-corrected chi connectivity index (χ4v) is 2.38. The van der Waals surface area contributed by atoms with Crippen LogP contribution in [0, 0.1) is 5.82 Å². The van der Waals surface area contributed by atoms with Crippen LogP contribution in [0.3, 0.4) is 0 Å². The van der Waals surface area contributed by atoms with Gasteiger partial charge in [-0.15, -0.1) is 0 Å². The molecule has 0 fully saturated rings. The van der Waals surface area contributed by atoms with Gasteiger partial charge in [0, 0.05) is 6.04 Å². The van der Waals surface area contributed by atoms with E-state index in [4.69, 9.17) is 4.74 Å². The van der Waals surface area contributed by atoms with E-state index in [9.17, 15) is 4.39 Å². The van der Waals surface area contributed by atoms with E-state index in [-0.39, 0.29) is 17.6 Å². The van der Waals surface area contributed by atoms with Crippen LogP contribution in [0.4, 0.5) is 4.39 Å². The van der Waals surface area contributed by atoms with Crippen LogP contribution in [-0.4, -0.2) is 13.7 Å². The Labute approximate surface area is 126 Å². The summed E-state index contributed by atoms with van der Waals surface area (Å²) in [6.07, 6.45) is 1.89. The molecule has 2 aromatic carbocycles. The van der Waals surface area contributed by atoms with E-state index in [1.807, 2.05) is 24.3 Å². The first kappa shape index (κ1) is 15.5. The van der Waals surface area contributed by atoms with E-state index in [2.05, 4.69) is 24.4 Å². The van der Waals surface area contributed by atoms with Crippen LogP contribution in [0.5, 0.6) is 5.75 Å². The highest BCUT2D eigenvalue weighted by molar-refractivity contribution is 5.32. The molecule has 0 amide bonds. The molecule has 0 bridgehead atoms. The Balaban J connectivity index is 2.20. The van der Waals surface area contributed by atoms with E-state index >= 15 is 0 Å². The topological polar surface area (TPSA) is 21.3 Å². The summed E-state index contributed by atoms with van der Waals surface area (Å²) in [5.74, 6) is -0.0286. The summed E-state index contributed by atoms with van der Waals surface area (Å²) in [4.78, 5) is 0. The van der Waals surface area contributed by atoms with Gasteiger partial charge in [0.05, 0.1) is 7.11 Å². The van der Waals surface area contributed by atoms with Crippen LogP contribution in [-0.2, 0) is 6.42 Å². The standard InChI is InChI=1S/C18H22FNO/c1-3-11-20-17(12-14-7-5-4-6-8-14)15-9-10-18(21-2)16(19)13-15/h4-10,13,17,20H,3,11-12H2,1-2H3. The zero-order chi connectivity index (χ0) is 15.1. The minimum absolute atomic E-state index is 0.104. The number of hydrogen-bond acceptors (Lipinski definition) is 2. The molecule has 112 valence electrons. The van der Waals surface area contributed by atoms with Gasteiger partial charge in [0.15, 0.2) is 11.6 Å². The van der Waals surface area contributed by atoms with Gasteiger partial charge in [-0.1, -0.05) is 43.3 Å². The Kier molecular flexibility index (Phi) is 5.76. The molecule has 0 aliphatic heterocycles. The first-order chi connectivity index (χ1) is 10.2. The van der Waals surface area contributed by atoms with Crippen LogP contribution in [0.15, 0.2) is 48.5 Å². The van der Waals surface area contributed by atoms with Gasteiger partial charge in [-0.05, 0) is 42.6 Å². The van der Waals surface area contributed by atoms with Gasteiger partial charge in [0.1, 0.15) is 0 Å². The van der Waals surface area contributed by atoms with E-state index in [0.29, 0.717) is 0 Å². The first-order valence-corrected chi connectivity index (χ1v) is 7.35. The van der Waals surface area contributed by atoms with Crippen molar-refractivity contribution >= 4 is 0 Å². The zero-order valence-electron chi connectivity index (χ0n) is 12.6. The van der Waals surface area contributed by atoms with Crippen molar-refractivity contribution in [3.8, 4) is 5.75 Å². The summed E-state index contributed by atoms with van der Waals surface area (Å²) in [6.45, 7) is 3.03. The summed E-state index contributed by atoms with van der Waals surface area (Å²) < 4.78 is 18.9. The van der Waals surface area contributed by atoms with E-state index < -0.39 is 0 Å². The summed E-state index contributed by atoms with van der Waals surface area (Å²) in [7, 11) is 1.48. The molecule has 0 aliphatic carbocycles. The highest BCUT2D eigenvalue weighted by Crippen LogP contribution is 2.24. The lowest BCUT2D eigenvalue weighted by Gasteiger charge is -2.20. The fraction of sp³-hybridized carbons (Fsp3) is 0.333. The maximum atomic E-state index is 13.9. The normalized spacial score (nSPS) is 12.1. The average Bonchev–Trinajstić information content (AvgIpc) is 2.52. The third kappa shape index (κ3) is 4.30. The van der Waals surface area contributed by atoms with Crippen molar-refractivity contribution in [2.24, 2.45) is 0 Å². The van der Waals surface area contributed by atoms with Crippen LogP contribution < -0.4 is 10.1 Å². The van der Waals surface area contributed by atoms with Crippen molar-refractivity contribution in [3.05, 3.63) is 65.5 Å². The number of nitrogens with one attached hydrogen (secondary N) is 1. The molecular weight excluding hydrogens is 265 g/mol. The molecule has 1 N–H and O–H groups in total. The van der Waals surface area contributed by atoms with Crippen molar-refractivity contribution in [1.82, 2.24) is 5.32 Å². The van der Waals surface area contributed by atoms with Gasteiger partial charge >= 0.3 is 0 Å². The fourth-order valence-electron chi connectivity index (χ4n) is 2.38. The van der Waals surface area contributed by atoms with Crippen LogP contribution in [0.1, 0.15) is 30.5 Å². The zero-order valence-corrected chi connectivity index (χ0v) is 12.6. The predicted octanol–water partition coefficient (Wildman–Crippen LogP) is 4.12. The molecule has 0 aromatic heterocycles. The second kappa shape index (κ2) is 7.79. The molecule has 0 saturated heterocycles. The quantitative estimate of drug-likeness (QED) is 0.827. The van der Waals surface area contributed by atoms with Crippen molar-refractivity contribution in [2.45, 2.75) is 25.8 Å². The number of methoxy groups -OCH3 is 1. The van der Waals surface area contributed by atoms with Gasteiger partial charge in [0.25, 0.3) is 0 Å². The lowest BCUT2D eigenvalue weighted by Crippen LogP contribution is -2.24. The molecule has 0 spiro atoms. The van der Waals surface area contributed by atoms with E-state index in [0.717, 1.165) is 24.9 Å². The Bertz CT molecular complexity index is 556. The van der Waals surface area contributed by atoms with Gasteiger partial charge in [-0.25, -0.2) is 4.39 Å². The highest BCUT2D eigenvalue weighted by Gasteiger charge is 2.14. The number of hydrogen-bond donors (Lipinski definition) is 1.